The van der Waals surface area contributed by atoms with E-state index in [0.717, 1.165) is 12.5 Å². The third-order valence-corrected chi connectivity index (χ3v) is 3.46. The van der Waals surface area contributed by atoms with Crippen LogP contribution in [0.1, 0.15) is 38.8 Å². The zero-order valence-electron chi connectivity index (χ0n) is 11.4. The zero-order chi connectivity index (χ0) is 13.8. The van der Waals surface area contributed by atoms with Crippen LogP contribution < -0.4 is 5.32 Å². The lowest BCUT2D eigenvalue weighted by Gasteiger charge is -2.36. The summed E-state index contributed by atoms with van der Waals surface area (Å²) in [6.07, 6.45) is 0.720. The summed E-state index contributed by atoms with van der Waals surface area (Å²) < 4.78 is 32.4. The smallest absolute Gasteiger partial charge is 0.131 e. The van der Waals surface area contributed by atoms with Gasteiger partial charge in [0.25, 0.3) is 0 Å². The van der Waals surface area contributed by atoms with E-state index in [1.54, 1.807) is 7.11 Å². The molecule has 2 unspecified atom stereocenters. The Balaban J connectivity index is 3.19. The number of halogens is 2. The van der Waals surface area contributed by atoms with Crippen LogP contribution in [-0.2, 0) is 4.74 Å². The van der Waals surface area contributed by atoms with Crippen LogP contribution in [0.5, 0.6) is 0 Å². The van der Waals surface area contributed by atoms with Crippen molar-refractivity contribution >= 4 is 0 Å². The molecular weight excluding hydrogens is 236 g/mol. The van der Waals surface area contributed by atoms with E-state index in [-0.39, 0.29) is 6.04 Å². The summed E-state index contributed by atoms with van der Waals surface area (Å²) in [4.78, 5) is 0. The number of likely N-dealkylation sites (N-methyl/N-ethyl adjacent to an activating group) is 1. The van der Waals surface area contributed by atoms with Crippen molar-refractivity contribution in [3.05, 3.63) is 35.4 Å². The minimum Gasteiger partial charge on any atom is -0.377 e. The Morgan fingerprint density at radius 3 is 2.44 bits per heavy atom. The van der Waals surface area contributed by atoms with Crippen LogP contribution in [0.4, 0.5) is 8.78 Å². The molecule has 18 heavy (non-hydrogen) atoms. The number of nitrogens with one attached hydrogen (secondary N) is 1. The van der Waals surface area contributed by atoms with Crippen molar-refractivity contribution < 1.29 is 13.5 Å². The van der Waals surface area contributed by atoms with Crippen molar-refractivity contribution in [2.24, 2.45) is 0 Å². The first kappa shape index (κ1) is 15.1. The van der Waals surface area contributed by atoms with E-state index in [1.165, 1.54) is 12.1 Å². The van der Waals surface area contributed by atoms with Gasteiger partial charge in [-0.15, -0.1) is 0 Å². The SMILES string of the molecule is CCNC(c1ccc(F)cc1F)C(C)(CC)OC. The molecule has 0 saturated heterocycles. The molecule has 1 aromatic carbocycles. The van der Waals surface area contributed by atoms with Gasteiger partial charge in [0, 0.05) is 18.7 Å². The Morgan fingerprint density at radius 2 is 2.00 bits per heavy atom. The summed E-state index contributed by atoms with van der Waals surface area (Å²) in [6.45, 7) is 6.53. The molecule has 4 heteroatoms. The topological polar surface area (TPSA) is 21.3 Å². The van der Waals surface area contributed by atoms with Crippen molar-refractivity contribution in [2.75, 3.05) is 13.7 Å². The van der Waals surface area contributed by atoms with Gasteiger partial charge in [-0.25, -0.2) is 8.78 Å². The number of methoxy groups -OCH3 is 1. The molecule has 0 aliphatic heterocycles. The Hall–Kier alpha value is -1.00. The Kier molecular flexibility index (Phi) is 5.23. The van der Waals surface area contributed by atoms with Gasteiger partial charge in [0.05, 0.1) is 11.6 Å². The van der Waals surface area contributed by atoms with Crippen molar-refractivity contribution in [1.29, 1.82) is 0 Å². The standard InChI is InChI=1S/C14H21F2NO/c1-5-14(3,18-4)13(17-6-2)11-8-7-10(15)9-12(11)16/h7-9,13,17H,5-6H2,1-4H3. The molecule has 1 N–H and O–H groups in total. The Morgan fingerprint density at radius 1 is 1.33 bits per heavy atom. The van der Waals surface area contributed by atoms with E-state index in [9.17, 15) is 8.78 Å². The maximum atomic E-state index is 13.9. The largest absolute Gasteiger partial charge is 0.377 e. The molecule has 0 heterocycles. The van der Waals surface area contributed by atoms with Crippen LogP contribution >= 0.6 is 0 Å². The molecule has 0 saturated carbocycles. The molecule has 2 atom stereocenters. The van der Waals surface area contributed by atoms with Crippen LogP contribution in [-0.4, -0.2) is 19.3 Å². The predicted octanol–water partition coefficient (Wildman–Crippen LogP) is 3.43. The monoisotopic (exact) mass is 257 g/mol. The predicted molar refractivity (Wildman–Crippen MR) is 68.5 cm³/mol. The van der Waals surface area contributed by atoms with E-state index in [1.807, 2.05) is 20.8 Å². The van der Waals surface area contributed by atoms with Gasteiger partial charge in [0.1, 0.15) is 11.6 Å². The van der Waals surface area contributed by atoms with Crippen LogP contribution in [0, 0.1) is 11.6 Å². The third kappa shape index (κ3) is 3.06. The highest BCUT2D eigenvalue weighted by Gasteiger charge is 2.34. The van der Waals surface area contributed by atoms with Crippen molar-refractivity contribution in [2.45, 2.75) is 38.8 Å². The van der Waals surface area contributed by atoms with Gasteiger partial charge in [-0.2, -0.15) is 0 Å². The normalized spacial score (nSPS) is 16.3. The third-order valence-electron chi connectivity index (χ3n) is 3.46. The summed E-state index contributed by atoms with van der Waals surface area (Å²) in [5, 5.41) is 3.21. The van der Waals surface area contributed by atoms with Crippen molar-refractivity contribution in [1.82, 2.24) is 5.32 Å². The summed E-state index contributed by atoms with van der Waals surface area (Å²) in [7, 11) is 1.61. The first-order chi connectivity index (χ1) is 8.48. The fourth-order valence-corrected chi connectivity index (χ4v) is 2.06. The molecular formula is C14H21F2NO. The van der Waals surface area contributed by atoms with Crippen molar-refractivity contribution in [3.63, 3.8) is 0 Å². The summed E-state index contributed by atoms with van der Waals surface area (Å²) >= 11 is 0. The first-order valence-corrected chi connectivity index (χ1v) is 6.22. The molecule has 102 valence electrons. The minimum atomic E-state index is -0.567. The number of ether oxygens (including phenoxy) is 1. The van der Waals surface area contributed by atoms with Crippen LogP contribution in [0.15, 0.2) is 18.2 Å². The number of hydrogen-bond acceptors (Lipinski definition) is 2. The second kappa shape index (κ2) is 6.25. The molecule has 0 radical (unpaired) electrons. The first-order valence-electron chi connectivity index (χ1n) is 6.22. The van der Waals surface area contributed by atoms with Gasteiger partial charge in [-0.3, -0.25) is 0 Å². The molecule has 1 aromatic rings. The minimum absolute atomic E-state index is 0.307. The van der Waals surface area contributed by atoms with E-state index >= 15 is 0 Å². The second-order valence-corrected chi connectivity index (χ2v) is 4.53. The maximum absolute atomic E-state index is 13.9. The van der Waals surface area contributed by atoms with E-state index in [4.69, 9.17) is 4.74 Å². The Bertz CT molecular complexity index is 391. The van der Waals surface area contributed by atoms with Gasteiger partial charge in [-0.1, -0.05) is 19.9 Å². The molecule has 0 aliphatic carbocycles. The van der Waals surface area contributed by atoms with Gasteiger partial charge in [0.15, 0.2) is 0 Å². The molecule has 0 spiro atoms. The van der Waals surface area contributed by atoms with Crippen LogP contribution in [0.2, 0.25) is 0 Å². The zero-order valence-corrected chi connectivity index (χ0v) is 11.4. The Labute approximate surface area is 107 Å². The fraction of sp³-hybridized carbons (Fsp3) is 0.571. The summed E-state index contributed by atoms with van der Waals surface area (Å²) in [6, 6.07) is 3.35. The molecule has 2 nitrogen and oxygen atoms in total. The highest BCUT2D eigenvalue weighted by atomic mass is 19.1. The van der Waals surface area contributed by atoms with Gasteiger partial charge in [0.2, 0.25) is 0 Å². The van der Waals surface area contributed by atoms with E-state index in [2.05, 4.69) is 5.32 Å². The van der Waals surface area contributed by atoms with E-state index < -0.39 is 17.2 Å². The molecule has 0 aliphatic rings. The van der Waals surface area contributed by atoms with Gasteiger partial charge in [-0.05, 0) is 26.0 Å². The summed E-state index contributed by atoms with van der Waals surface area (Å²) in [5.41, 5.74) is -0.0984. The quantitative estimate of drug-likeness (QED) is 0.843. The summed E-state index contributed by atoms with van der Waals surface area (Å²) in [5.74, 6) is -1.11. The average molecular weight is 257 g/mol. The van der Waals surface area contributed by atoms with Crippen molar-refractivity contribution in [3.8, 4) is 0 Å². The molecule has 0 aromatic heterocycles. The van der Waals surface area contributed by atoms with Crippen LogP contribution in [0.3, 0.4) is 0 Å². The molecule has 1 rings (SSSR count). The number of hydrogen-bond donors (Lipinski definition) is 1. The lowest BCUT2D eigenvalue weighted by atomic mass is 9.87. The van der Waals surface area contributed by atoms with Gasteiger partial charge >= 0.3 is 0 Å². The maximum Gasteiger partial charge on any atom is 0.131 e. The lowest BCUT2D eigenvalue weighted by molar-refractivity contribution is -0.0304. The molecule has 0 amide bonds. The average Bonchev–Trinajstić information content (AvgIpc) is 2.36. The fourth-order valence-electron chi connectivity index (χ4n) is 2.06. The van der Waals surface area contributed by atoms with Gasteiger partial charge < -0.3 is 10.1 Å². The highest BCUT2D eigenvalue weighted by Crippen LogP contribution is 2.33. The number of rotatable bonds is 6. The molecule has 0 fully saturated rings. The van der Waals surface area contributed by atoms with E-state index in [0.29, 0.717) is 12.1 Å². The molecule has 0 bridgehead atoms. The number of benzene rings is 1. The lowest BCUT2D eigenvalue weighted by Crippen LogP contribution is -2.43. The van der Waals surface area contributed by atoms with Crippen LogP contribution in [0.25, 0.3) is 0 Å². The second-order valence-electron chi connectivity index (χ2n) is 4.53. The highest BCUT2D eigenvalue weighted by molar-refractivity contribution is 5.25.